The molecule has 0 radical (unpaired) electrons. The monoisotopic (exact) mass is 607 g/mol. The van der Waals surface area contributed by atoms with Crippen molar-refractivity contribution in [1.82, 2.24) is 15.0 Å². The Morgan fingerprint density at radius 1 is 0.667 bits per heavy atom. The van der Waals surface area contributed by atoms with Crippen LogP contribution in [0.5, 0.6) is 0 Å². The Balaban J connectivity index is 0.00000289. The van der Waals surface area contributed by atoms with Crippen LogP contribution in [0.1, 0.15) is 13.8 Å². The van der Waals surface area contributed by atoms with E-state index >= 15 is 0 Å². The average molecular weight is 609 g/mol. The van der Waals surface area contributed by atoms with Gasteiger partial charge in [-0.1, -0.05) is 12.1 Å². The Bertz CT molecular complexity index is 1150. The molecule has 0 atom stereocenters. The first-order chi connectivity index (χ1) is 16.5. The van der Waals surface area contributed by atoms with E-state index < -0.39 is 0 Å². The van der Waals surface area contributed by atoms with Gasteiger partial charge in [-0.3, -0.25) is 9.59 Å². The van der Waals surface area contributed by atoms with Crippen LogP contribution >= 0.6 is 37.2 Å². The molecule has 39 heavy (non-hydrogen) atoms. The van der Waals surface area contributed by atoms with Gasteiger partial charge in [-0.05, 0) is 30.3 Å². The van der Waals surface area contributed by atoms with E-state index in [4.69, 9.17) is 14.5 Å². The van der Waals surface area contributed by atoms with Crippen molar-refractivity contribution < 1.29 is 30.0 Å². The third-order valence-corrected chi connectivity index (χ3v) is 6.21. The first-order valence-electron chi connectivity index (χ1n) is 11.6. The second-order valence-electron chi connectivity index (χ2n) is 8.54. The number of morpholine rings is 2. The molecular formula is C25H36Cl3N5O6. The average Bonchev–Trinajstić information content (AvgIpc) is 2.84. The van der Waals surface area contributed by atoms with Crippen LogP contribution in [0.2, 0.25) is 0 Å². The van der Waals surface area contributed by atoms with E-state index in [2.05, 4.69) is 6.07 Å². The molecule has 0 aliphatic carbocycles. The summed E-state index contributed by atoms with van der Waals surface area (Å²) in [5, 5.41) is 9.43. The van der Waals surface area contributed by atoms with Crippen LogP contribution in [0.15, 0.2) is 42.5 Å². The summed E-state index contributed by atoms with van der Waals surface area (Å²) in [6, 6.07) is 13.9. The molecule has 3 aromatic rings. The highest BCUT2D eigenvalue weighted by atomic mass is 35.5. The fraction of sp³-hybridized carbons (Fsp3) is 0.400. The molecule has 4 N–H and O–H groups in total. The van der Waals surface area contributed by atoms with Crippen molar-refractivity contribution in [1.29, 1.82) is 0 Å². The van der Waals surface area contributed by atoms with Crippen molar-refractivity contribution >= 4 is 82.2 Å². The van der Waals surface area contributed by atoms with Gasteiger partial charge in [-0.2, -0.15) is 0 Å². The molecule has 11 nitrogen and oxygen atoms in total. The Labute approximate surface area is 245 Å². The van der Waals surface area contributed by atoms with E-state index in [1.807, 2.05) is 46.4 Å². The second-order valence-corrected chi connectivity index (χ2v) is 8.54. The Morgan fingerprint density at radius 3 is 1.36 bits per heavy atom. The van der Waals surface area contributed by atoms with Gasteiger partial charge < -0.3 is 20.4 Å². The summed E-state index contributed by atoms with van der Waals surface area (Å²) in [7, 11) is 0. The highest BCUT2D eigenvalue weighted by Crippen LogP contribution is 2.29. The van der Waals surface area contributed by atoms with E-state index in [0.717, 1.165) is 33.2 Å². The number of hydrazine groups is 2. The van der Waals surface area contributed by atoms with E-state index in [-0.39, 0.29) is 60.0 Å². The van der Waals surface area contributed by atoms with Gasteiger partial charge in [0.1, 0.15) is 0 Å². The summed E-state index contributed by atoms with van der Waals surface area (Å²) in [5.41, 5.74) is 3.15. The minimum atomic E-state index is -0.0491. The Morgan fingerprint density at radius 2 is 1.03 bits per heavy atom. The van der Waals surface area contributed by atoms with Crippen molar-refractivity contribution in [3.63, 3.8) is 0 Å². The molecular weight excluding hydrogens is 573 g/mol. The molecule has 2 aromatic carbocycles. The molecule has 2 aliphatic heterocycles. The second kappa shape index (κ2) is 16.1. The van der Waals surface area contributed by atoms with Crippen molar-refractivity contribution in [3.05, 3.63) is 42.5 Å². The minimum Gasteiger partial charge on any atom is -0.412 e. The molecule has 0 spiro atoms. The SMILES string of the molecule is CC(=O)N(c1ccc2cc3ccc(N(C(C)=O)N4CCOCC4)cc3nc2c1)N1CCOCC1.Cl.Cl.Cl.O.O. The third-order valence-electron chi connectivity index (χ3n) is 6.21. The number of ether oxygens (including phenoxy) is 2. The molecule has 0 unspecified atom stereocenters. The summed E-state index contributed by atoms with van der Waals surface area (Å²) in [6.45, 7) is 8.17. The molecule has 1 aromatic heterocycles. The number of hydrogen-bond donors (Lipinski definition) is 0. The largest absolute Gasteiger partial charge is 0.412 e. The predicted molar refractivity (Wildman–Crippen MR) is 159 cm³/mol. The van der Waals surface area contributed by atoms with Gasteiger partial charge in [-0.15, -0.1) is 37.2 Å². The van der Waals surface area contributed by atoms with E-state index in [0.29, 0.717) is 52.6 Å². The molecule has 5 rings (SSSR count). The number of pyridine rings is 1. The fourth-order valence-corrected chi connectivity index (χ4v) is 4.66. The maximum atomic E-state index is 12.5. The van der Waals surface area contributed by atoms with Crippen LogP contribution in [-0.2, 0) is 19.1 Å². The lowest BCUT2D eigenvalue weighted by Gasteiger charge is -2.36. The molecule has 3 heterocycles. The van der Waals surface area contributed by atoms with E-state index in [9.17, 15) is 9.59 Å². The highest BCUT2D eigenvalue weighted by molar-refractivity contribution is 5.99. The van der Waals surface area contributed by atoms with Gasteiger partial charge in [0.25, 0.3) is 0 Å². The lowest BCUT2D eigenvalue weighted by atomic mass is 10.1. The van der Waals surface area contributed by atoms with Gasteiger partial charge in [0.2, 0.25) is 11.8 Å². The van der Waals surface area contributed by atoms with Crippen molar-refractivity contribution in [2.45, 2.75) is 13.8 Å². The number of halogens is 3. The smallest absolute Gasteiger partial charge is 0.238 e. The van der Waals surface area contributed by atoms with Crippen LogP contribution in [-0.4, -0.2) is 90.4 Å². The maximum absolute atomic E-state index is 12.5. The number of amides is 2. The van der Waals surface area contributed by atoms with Crippen molar-refractivity contribution in [3.8, 4) is 0 Å². The first-order valence-corrected chi connectivity index (χ1v) is 11.6. The normalized spacial score (nSPS) is 15.4. The number of nitrogens with zero attached hydrogens (tertiary/aromatic N) is 5. The van der Waals surface area contributed by atoms with Crippen LogP contribution in [0.4, 0.5) is 11.4 Å². The number of fused-ring (bicyclic) bond motifs is 2. The lowest BCUT2D eigenvalue weighted by molar-refractivity contribution is -0.121. The Hall–Kier alpha value is -2.32. The quantitative estimate of drug-likeness (QED) is 0.414. The van der Waals surface area contributed by atoms with Crippen LogP contribution in [0, 0.1) is 0 Å². The predicted octanol–water partition coefficient (Wildman–Crippen LogP) is 2.20. The Kier molecular flexibility index (Phi) is 15.1. The van der Waals surface area contributed by atoms with E-state index in [1.54, 1.807) is 23.9 Å². The summed E-state index contributed by atoms with van der Waals surface area (Å²) in [4.78, 5) is 29.9. The molecule has 218 valence electrons. The molecule has 0 bridgehead atoms. The topological polar surface area (TPSA) is 141 Å². The zero-order chi connectivity index (χ0) is 23.7. The van der Waals surface area contributed by atoms with Gasteiger partial charge in [0.05, 0.1) is 48.8 Å². The van der Waals surface area contributed by atoms with Crippen molar-refractivity contribution in [2.24, 2.45) is 0 Å². The summed E-state index contributed by atoms with van der Waals surface area (Å²) in [6.07, 6.45) is 0. The fourth-order valence-electron chi connectivity index (χ4n) is 4.66. The molecule has 2 amide bonds. The third kappa shape index (κ3) is 7.88. The van der Waals surface area contributed by atoms with E-state index in [1.165, 1.54) is 0 Å². The zero-order valence-electron chi connectivity index (χ0n) is 21.8. The van der Waals surface area contributed by atoms with Gasteiger partial charge in [-0.25, -0.2) is 25.0 Å². The maximum Gasteiger partial charge on any atom is 0.238 e. The summed E-state index contributed by atoms with van der Waals surface area (Å²) in [5.74, 6) is -0.0983. The number of carbonyl (C=O) groups excluding carboxylic acids is 2. The first kappa shape index (κ1) is 36.7. The van der Waals surface area contributed by atoms with Crippen LogP contribution < -0.4 is 10.0 Å². The minimum absolute atomic E-state index is 0. The van der Waals surface area contributed by atoms with Crippen molar-refractivity contribution in [2.75, 3.05) is 62.6 Å². The summed E-state index contributed by atoms with van der Waals surface area (Å²) < 4.78 is 10.9. The molecule has 2 saturated heterocycles. The van der Waals surface area contributed by atoms with Gasteiger partial charge in [0, 0.05) is 50.8 Å². The number of rotatable bonds is 4. The van der Waals surface area contributed by atoms with Crippen LogP contribution in [0.3, 0.4) is 0 Å². The number of aromatic nitrogens is 1. The van der Waals surface area contributed by atoms with Crippen LogP contribution in [0.25, 0.3) is 21.8 Å². The van der Waals surface area contributed by atoms with Gasteiger partial charge >= 0.3 is 0 Å². The molecule has 14 heteroatoms. The lowest BCUT2D eigenvalue weighted by Crippen LogP contribution is -2.51. The molecule has 2 fully saturated rings. The molecule has 2 aliphatic rings. The zero-order valence-corrected chi connectivity index (χ0v) is 24.2. The number of carbonyl (C=O) groups is 2. The highest BCUT2D eigenvalue weighted by Gasteiger charge is 2.24. The standard InChI is InChI=1S/C25H29N5O4.3ClH.2H2O/c1-18(31)29(27-7-11-33-12-8-27)22-5-3-20-15-21-4-6-23(17-25(21)26-24(20)16-22)30(19(2)32)28-9-13-34-14-10-28;;;;;/h3-6,15-17H,7-14H2,1-2H3;3*1H;2*1H2. The van der Waals surface area contributed by atoms with Gasteiger partial charge in [0.15, 0.2) is 0 Å². The summed E-state index contributed by atoms with van der Waals surface area (Å²) >= 11 is 0. The number of hydrogen-bond acceptors (Lipinski definition) is 7. The number of anilines is 2. The molecule has 0 saturated carbocycles. The number of benzene rings is 2.